The summed E-state index contributed by atoms with van der Waals surface area (Å²) in [5.74, 6) is -0.342. The van der Waals surface area contributed by atoms with Gasteiger partial charge in [0.25, 0.3) is 0 Å². The molecule has 0 aliphatic heterocycles. The number of nitrogens with one attached hydrogen (secondary N) is 1. The summed E-state index contributed by atoms with van der Waals surface area (Å²) in [7, 11) is 1.14. The Hall–Kier alpha value is -0.219. The fourth-order valence-corrected chi connectivity index (χ4v) is 1.48. The number of rotatable bonds is 3. The van der Waals surface area contributed by atoms with E-state index in [9.17, 15) is 17.7 Å². The van der Waals surface area contributed by atoms with E-state index in [0.717, 1.165) is 25.3 Å². The van der Waals surface area contributed by atoms with E-state index in [1.165, 1.54) is 0 Å². The number of carbonyl (C=O) groups is 1. The van der Waals surface area contributed by atoms with Crippen LogP contribution in [0.1, 0.15) is 20.8 Å². The molecule has 0 bridgehead atoms. The fourth-order valence-electron chi connectivity index (χ4n) is 1.48. The van der Waals surface area contributed by atoms with Crippen molar-refractivity contribution in [2.24, 2.45) is 0 Å². The fraction of sp³-hybridized carbons (Fsp3) is 0.417. The van der Waals surface area contributed by atoms with Crippen LogP contribution in [-0.4, -0.2) is 25.8 Å². The number of halogens is 3. The van der Waals surface area contributed by atoms with Crippen molar-refractivity contribution in [1.29, 1.82) is 0 Å². The van der Waals surface area contributed by atoms with Gasteiger partial charge in [0, 0.05) is 11.8 Å². The van der Waals surface area contributed by atoms with Crippen molar-refractivity contribution in [2.75, 3.05) is 12.4 Å². The van der Waals surface area contributed by atoms with Crippen LogP contribution in [0.25, 0.3) is 0 Å². The van der Waals surface area contributed by atoms with Gasteiger partial charge < -0.3 is 22.4 Å². The van der Waals surface area contributed by atoms with E-state index in [1.54, 1.807) is 20.8 Å². The molecule has 0 radical (unpaired) electrons. The Morgan fingerprint density at radius 1 is 1.24 bits per heavy atom. The van der Waals surface area contributed by atoms with Gasteiger partial charge in [-0.15, -0.1) is 0 Å². The van der Waals surface area contributed by atoms with Gasteiger partial charge in [0.2, 0.25) is 0 Å². The number of hydrogen-bond donors (Lipinski definition) is 1. The topological polar surface area (TPSA) is 47.6 Å². The molecule has 0 unspecified atom stereocenters. The predicted octanol–water partition coefficient (Wildman–Crippen LogP) is 0.101. The molecule has 0 spiro atoms. The van der Waals surface area contributed by atoms with Crippen molar-refractivity contribution in [1.82, 2.24) is 0 Å². The number of benzene rings is 1. The first-order chi connectivity index (χ1) is 9.03. The van der Waals surface area contributed by atoms with E-state index >= 15 is 0 Å². The van der Waals surface area contributed by atoms with Crippen LogP contribution in [-0.2, 0) is 4.74 Å². The molecule has 21 heavy (non-hydrogen) atoms. The minimum Gasteiger partial charge on any atom is -0.500 e. The van der Waals surface area contributed by atoms with Gasteiger partial charge in [0.1, 0.15) is 5.60 Å². The molecule has 0 saturated carbocycles. The Labute approximate surface area is 164 Å². The molecule has 0 aliphatic rings. The average molecular weight is 329 g/mol. The van der Waals surface area contributed by atoms with Crippen LogP contribution in [0.15, 0.2) is 18.2 Å². The number of methoxy groups -OCH3 is 1. The maximum absolute atomic E-state index is 12.7. The third-order valence-corrected chi connectivity index (χ3v) is 2.23. The van der Waals surface area contributed by atoms with Gasteiger partial charge in [-0.2, -0.15) is 0 Å². The van der Waals surface area contributed by atoms with E-state index in [0.29, 0.717) is 0 Å². The number of hydrogen-bond acceptors (Lipinski definition) is 3. The Kier molecular flexibility index (Phi) is 7.79. The number of ether oxygens (including phenoxy) is 2. The molecule has 0 atom stereocenters. The minimum absolute atomic E-state index is 0. The number of carbonyl (C=O) groups excluding carboxylic acids is 1. The quantitative estimate of drug-likeness (QED) is 0.801. The molecule has 112 valence electrons. The van der Waals surface area contributed by atoms with Gasteiger partial charge in [-0.3, -0.25) is 5.32 Å². The van der Waals surface area contributed by atoms with E-state index in [-0.39, 0.29) is 62.8 Å². The largest absolute Gasteiger partial charge is 1.00 e. The molecule has 0 fully saturated rings. The SMILES string of the molecule is COc1cc(NC(=O)OC(C)(C)C)ccc1[B-](F)(F)F.[K+]. The Morgan fingerprint density at radius 2 is 1.81 bits per heavy atom. The van der Waals surface area contributed by atoms with Crippen LogP contribution in [0, 0.1) is 0 Å². The molecule has 0 heterocycles. The predicted molar refractivity (Wildman–Crippen MR) is 71.6 cm³/mol. The molecule has 0 aliphatic carbocycles. The average Bonchev–Trinajstić information content (AvgIpc) is 2.24. The van der Waals surface area contributed by atoms with Crippen LogP contribution >= 0.6 is 0 Å². The molecule has 9 heteroatoms. The van der Waals surface area contributed by atoms with Crippen LogP contribution in [0.2, 0.25) is 0 Å². The van der Waals surface area contributed by atoms with Crippen molar-refractivity contribution in [3.63, 3.8) is 0 Å². The summed E-state index contributed by atoms with van der Waals surface area (Å²) in [5.41, 5.74) is -1.37. The Morgan fingerprint density at radius 3 is 2.24 bits per heavy atom. The summed E-state index contributed by atoms with van der Waals surface area (Å²) in [6, 6.07) is 3.12. The molecule has 1 amide bonds. The van der Waals surface area contributed by atoms with Crippen LogP contribution < -0.4 is 66.9 Å². The summed E-state index contributed by atoms with van der Waals surface area (Å²) in [4.78, 5) is 11.5. The van der Waals surface area contributed by atoms with Crippen molar-refractivity contribution < 1.29 is 78.6 Å². The van der Waals surface area contributed by atoms with Crippen molar-refractivity contribution in [3.8, 4) is 5.75 Å². The number of amides is 1. The van der Waals surface area contributed by atoms with Gasteiger partial charge in [-0.25, -0.2) is 4.79 Å². The van der Waals surface area contributed by atoms with E-state index in [1.807, 2.05) is 0 Å². The van der Waals surface area contributed by atoms with E-state index < -0.39 is 24.1 Å². The third kappa shape index (κ3) is 7.05. The summed E-state index contributed by atoms with van der Waals surface area (Å²) >= 11 is 0. The molecule has 1 aromatic rings. The standard InChI is InChI=1S/C12H16BF3NO3.K/c1-12(2,3)20-11(18)17-8-5-6-9(13(14,15)16)10(7-8)19-4;/h5-7H,1-4H3,(H,17,18);/q-1;+1. The molecule has 4 nitrogen and oxygen atoms in total. The second kappa shape index (κ2) is 7.87. The number of anilines is 1. The Balaban J connectivity index is 0.00000400. The zero-order chi connectivity index (χ0) is 15.6. The molecular weight excluding hydrogens is 313 g/mol. The molecule has 1 aromatic carbocycles. The van der Waals surface area contributed by atoms with Crippen molar-refractivity contribution in [2.45, 2.75) is 26.4 Å². The van der Waals surface area contributed by atoms with E-state index in [4.69, 9.17) is 9.47 Å². The minimum atomic E-state index is -5.17. The van der Waals surface area contributed by atoms with Crippen molar-refractivity contribution >= 4 is 24.2 Å². The van der Waals surface area contributed by atoms with Gasteiger partial charge in [-0.05, 0) is 26.8 Å². The first-order valence-electron chi connectivity index (χ1n) is 5.91. The maximum atomic E-state index is 12.7. The summed E-state index contributed by atoms with van der Waals surface area (Å²) in [5, 5.41) is 2.35. The van der Waals surface area contributed by atoms with Crippen LogP contribution in [0.5, 0.6) is 5.75 Å². The zero-order valence-electron chi connectivity index (χ0n) is 12.7. The molecular formula is C12H16BF3KNO3. The Bertz CT molecular complexity index is 504. The first-order valence-corrected chi connectivity index (χ1v) is 5.91. The monoisotopic (exact) mass is 329 g/mol. The van der Waals surface area contributed by atoms with Gasteiger partial charge >= 0.3 is 64.5 Å². The summed E-state index contributed by atoms with van der Waals surface area (Å²) < 4.78 is 47.9. The second-order valence-electron chi connectivity index (χ2n) is 5.16. The van der Waals surface area contributed by atoms with Gasteiger partial charge in [0.15, 0.2) is 0 Å². The molecule has 0 saturated heterocycles. The first kappa shape index (κ1) is 20.8. The summed E-state index contributed by atoms with van der Waals surface area (Å²) in [6.07, 6.45) is -0.746. The maximum Gasteiger partial charge on any atom is 1.00 e. The normalized spacial score (nSPS) is 11.4. The smallest absolute Gasteiger partial charge is 0.500 e. The van der Waals surface area contributed by atoms with Gasteiger partial charge in [0.05, 0.1) is 12.9 Å². The second-order valence-corrected chi connectivity index (χ2v) is 5.16. The summed E-state index contributed by atoms with van der Waals surface area (Å²) in [6.45, 7) is -0.122. The van der Waals surface area contributed by atoms with E-state index in [2.05, 4.69) is 5.32 Å². The van der Waals surface area contributed by atoms with Crippen LogP contribution in [0.4, 0.5) is 23.4 Å². The molecule has 1 rings (SSSR count). The molecule has 1 N–H and O–H groups in total. The third-order valence-electron chi connectivity index (χ3n) is 2.23. The van der Waals surface area contributed by atoms with Crippen LogP contribution in [0.3, 0.4) is 0 Å². The van der Waals surface area contributed by atoms with Gasteiger partial charge in [-0.1, -0.05) is 11.5 Å². The molecule has 0 aromatic heterocycles. The van der Waals surface area contributed by atoms with Crippen molar-refractivity contribution in [3.05, 3.63) is 18.2 Å². The zero-order valence-corrected chi connectivity index (χ0v) is 15.8.